The van der Waals surface area contributed by atoms with Gasteiger partial charge in [0.05, 0.1) is 5.69 Å². The van der Waals surface area contributed by atoms with Crippen molar-refractivity contribution in [1.82, 2.24) is 4.98 Å². The van der Waals surface area contributed by atoms with Crippen molar-refractivity contribution in [2.75, 3.05) is 0 Å². The molecule has 2 heterocycles. The zero-order valence-electron chi connectivity index (χ0n) is 13.3. The van der Waals surface area contributed by atoms with E-state index in [0.29, 0.717) is 0 Å². The normalized spacial score (nSPS) is 11.2. The summed E-state index contributed by atoms with van der Waals surface area (Å²) >= 11 is 1.77. The maximum atomic E-state index is 11.7. The summed E-state index contributed by atoms with van der Waals surface area (Å²) < 4.78 is 0. The van der Waals surface area contributed by atoms with E-state index in [2.05, 4.69) is 50.0 Å². The highest BCUT2D eigenvalue weighted by Gasteiger charge is 2.16. The summed E-state index contributed by atoms with van der Waals surface area (Å²) in [6.45, 7) is 6.42. The molecule has 0 aliphatic heterocycles. The molecular weight excluding hydrogens is 290 g/mol. The lowest BCUT2D eigenvalue weighted by molar-refractivity contribution is 0.112. The van der Waals surface area contributed by atoms with E-state index >= 15 is 0 Å². The van der Waals surface area contributed by atoms with Crippen LogP contribution < -0.4 is 0 Å². The van der Waals surface area contributed by atoms with Crippen molar-refractivity contribution in [3.05, 3.63) is 45.1 Å². The molecule has 0 spiro atoms. The van der Waals surface area contributed by atoms with Crippen LogP contribution in [0.2, 0.25) is 0 Å². The van der Waals surface area contributed by atoms with Gasteiger partial charge in [0.25, 0.3) is 0 Å². The number of thiophene rings is 1. The lowest BCUT2D eigenvalue weighted by Crippen LogP contribution is -1.86. The summed E-state index contributed by atoms with van der Waals surface area (Å²) in [6, 6.07) is 8.60. The molecule has 0 unspecified atom stereocenters. The van der Waals surface area contributed by atoms with Crippen molar-refractivity contribution in [2.45, 2.75) is 40.0 Å². The Bertz CT molecular complexity index is 825. The Morgan fingerprint density at radius 2 is 2.05 bits per heavy atom. The molecule has 3 rings (SSSR count). The number of hydrogen-bond acceptors (Lipinski definition) is 2. The number of aryl methyl sites for hydroxylation is 3. The average Bonchev–Trinajstić information content (AvgIpc) is 3.03. The predicted molar refractivity (Wildman–Crippen MR) is 95.1 cm³/mol. The number of fused-ring (bicyclic) bond motifs is 1. The molecule has 0 aliphatic rings. The highest BCUT2D eigenvalue weighted by molar-refractivity contribution is 7.12. The molecule has 3 heteroatoms. The van der Waals surface area contributed by atoms with E-state index in [4.69, 9.17) is 0 Å². The first-order valence-corrected chi connectivity index (χ1v) is 8.63. The van der Waals surface area contributed by atoms with E-state index in [1.54, 1.807) is 11.3 Å². The van der Waals surface area contributed by atoms with Gasteiger partial charge in [0, 0.05) is 31.8 Å². The number of aldehydes is 1. The van der Waals surface area contributed by atoms with Crippen LogP contribution in [0.3, 0.4) is 0 Å². The van der Waals surface area contributed by atoms with Gasteiger partial charge < -0.3 is 4.98 Å². The smallest absolute Gasteiger partial charge is 0.152 e. The maximum absolute atomic E-state index is 11.7. The molecule has 22 heavy (non-hydrogen) atoms. The number of nitrogens with one attached hydrogen (secondary N) is 1. The van der Waals surface area contributed by atoms with Crippen LogP contribution in [0, 0.1) is 13.8 Å². The number of carbonyl (C=O) groups excluding carboxylic acids is 1. The fraction of sp³-hybridized carbons (Fsp3) is 0.316. The van der Waals surface area contributed by atoms with Crippen LogP contribution >= 0.6 is 11.3 Å². The molecular formula is C19H21NOS. The van der Waals surface area contributed by atoms with Gasteiger partial charge in [-0.1, -0.05) is 19.4 Å². The number of rotatable bonds is 5. The highest BCUT2D eigenvalue weighted by Crippen LogP contribution is 2.35. The zero-order chi connectivity index (χ0) is 15.7. The van der Waals surface area contributed by atoms with Crippen molar-refractivity contribution >= 4 is 28.5 Å². The van der Waals surface area contributed by atoms with E-state index in [-0.39, 0.29) is 0 Å². The Hall–Kier alpha value is -1.87. The van der Waals surface area contributed by atoms with Gasteiger partial charge in [0.15, 0.2) is 6.29 Å². The third-order valence-electron chi connectivity index (χ3n) is 4.15. The second-order valence-electron chi connectivity index (χ2n) is 5.84. The largest absolute Gasteiger partial charge is 0.354 e. The first-order chi connectivity index (χ1) is 10.6. The summed E-state index contributed by atoms with van der Waals surface area (Å²) in [5.41, 5.74) is 5.24. The Morgan fingerprint density at radius 1 is 1.23 bits per heavy atom. The van der Waals surface area contributed by atoms with Crippen molar-refractivity contribution < 1.29 is 4.79 Å². The van der Waals surface area contributed by atoms with Gasteiger partial charge >= 0.3 is 0 Å². The molecule has 0 saturated carbocycles. The number of hydrogen-bond donors (Lipinski definition) is 1. The minimum Gasteiger partial charge on any atom is -0.354 e. The molecule has 2 nitrogen and oxygen atoms in total. The van der Waals surface area contributed by atoms with Crippen LogP contribution in [0.1, 0.15) is 45.4 Å². The number of benzene rings is 1. The quantitative estimate of drug-likeness (QED) is 0.605. The molecule has 0 fully saturated rings. The third-order valence-corrected chi connectivity index (χ3v) is 5.12. The predicted octanol–water partition coefficient (Wildman–Crippen LogP) is 5.67. The first-order valence-electron chi connectivity index (χ1n) is 7.81. The van der Waals surface area contributed by atoms with Gasteiger partial charge in [-0.25, -0.2) is 0 Å². The number of carbonyl (C=O) groups is 1. The maximum Gasteiger partial charge on any atom is 0.152 e. The summed E-state index contributed by atoms with van der Waals surface area (Å²) in [7, 11) is 0. The number of unbranched alkanes of at least 4 members (excludes halogenated alkanes) is 1. The van der Waals surface area contributed by atoms with E-state index in [0.717, 1.165) is 40.4 Å². The van der Waals surface area contributed by atoms with Gasteiger partial charge in [-0.3, -0.25) is 4.79 Å². The minimum atomic E-state index is 0.786. The molecule has 2 aromatic heterocycles. The SMILES string of the molecule is CCCCc1ccc2[nH]c(-c3cc(C)sc3C)c(C=O)c2c1. The third kappa shape index (κ3) is 2.61. The van der Waals surface area contributed by atoms with Crippen LogP contribution in [-0.4, -0.2) is 11.3 Å². The lowest BCUT2D eigenvalue weighted by atomic mass is 10.0. The van der Waals surface area contributed by atoms with Crippen molar-refractivity contribution in [3.63, 3.8) is 0 Å². The summed E-state index contributed by atoms with van der Waals surface area (Å²) in [6.07, 6.45) is 4.43. The number of aromatic nitrogens is 1. The van der Waals surface area contributed by atoms with Crippen LogP contribution in [0.4, 0.5) is 0 Å². The van der Waals surface area contributed by atoms with Gasteiger partial charge in [-0.05, 0) is 50.5 Å². The number of H-pyrrole nitrogens is 1. The summed E-state index contributed by atoms with van der Waals surface area (Å²) in [5, 5.41) is 1.04. The van der Waals surface area contributed by atoms with Gasteiger partial charge in [0.1, 0.15) is 0 Å². The molecule has 0 amide bonds. The molecule has 1 aromatic carbocycles. The zero-order valence-corrected chi connectivity index (χ0v) is 14.1. The Balaban J connectivity index is 2.15. The molecule has 0 bridgehead atoms. The Morgan fingerprint density at radius 3 is 2.68 bits per heavy atom. The van der Waals surface area contributed by atoms with Crippen LogP contribution in [0.5, 0.6) is 0 Å². The minimum absolute atomic E-state index is 0.786. The number of aromatic amines is 1. The van der Waals surface area contributed by atoms with Gasteiger partial charge in [-0.15, -0.1) is 11.3 Å². The highest BCUT2D eigenvalue weighted by atomic mass is 32.1. The van der Waals surface area contributed by atoms with Crippen LogP contribution in [0.25, 0.3) is 22.2 Å². The van der Waals surface area contributed by atoms with Crippen LogP contribution in [-0.2, 0) is 6.42 Å². The van der Waals surface area contributed by atoms with Crippen molar-refractivity contribution in [1.29, 1.82) is 0 Å². The summed E-state index contributed by atoms with van der Waals surface area (Å²) in [4.78, 5) is 17.7. The topological polar surface area (TPSA) is 32.9 Å². The molecule has 0 aliphatic carbocycles. The second kappa shape index (κ2) is 6.09. The lowest BCUT2D eigenvalue weighted by Gasteiger charge is -2.00. The Labute approximate surface area is 135 Å². The molecule has 0 atom stereocenters. The van der Waals surface area contributed by atoms with Gasteiger partial charge in [-0.2, -0.15) is 0 Å². The first kappa shape index (κ1) is 15.0. The second-order valence-corrected chi connectivity index (χ2v) is 7.30. The van der Waals surface area contributed by atoms with E-state index in [1.165, 1.54) is 28.2 Å². The molecule has 0 radical (unpaired) electrons. The fourth-order valence-corrected chi connectivity index (χ4v) is 3.94. The molecule has 0 saturated heterocycles. The van der Waals surface area contributed by atoms with Gasteiger partial charge in [0.2, 0.25) is 0 Å². The van der Waals surface area contributed by atoms with E-state index in [9.17, 15) is 4.79 Å². The fourth-order valence-electron chi connectivity index (χ4n) is 3.01. The molecule has 3 aromatic rings. The van der Waals surface area contributed by atoms with E-state index in [1.807, 2.05) is 0 Å². The van der Waals surface area contributed by atoms with Crippen molar-refractivity contribution in [2.24, 2.45) is 0 Å². The molecule has 1 N–H and O–H groups in total. The molecule has 114 valence electrons. The van der Waals surface area contributed by atoms with Crippen molar-refractivity contribution in [3.8, 4) is 11.3 Å². The van der Waals surface area contributed by atoms with Crippen LogP contribution in [0.15, 0.2) is 24.3 Å². The average molecular weight is 311 g/mol. The Kier molecular flexibility index (Phi) is 4.16. The monoisotopic (exact) mass is 311 g/mol. The standard InChI is InChI=1S/C19H21NOS/c1-4-5-6-14-7-8-18-16(10-14)17(11-21)19(20-18)15-9-12(2)22-13(15)3/h7-11,20H,4-6H2,1-3H3. The summed E-state index contributed by atoms with van der Waals surface area (Å²) in [5.74, 6) is 0. The van der Waals surface area contributed by atoms with E-state index < -0.39 is 0 Å².